The first-order chi connectivity index (χ1) is 20.2. The highest BCUT2D eigenvalue weighted by atomic mass is 35.5. The molecule has 0 bridgehead atoms. The van der Waals surface area contributed by atoms with E-state index in [0.29, 0.717) is 47.5 Å². The molecule has 5 atom stereocenters. The monoisotopic (exact) mass is 619 g/mol. The molecular formula is C33H31ClF5NO3. The van der Waals surface area contributed by atoms with Crippen molar-refractivity contribution in [2.45, 2.75) is 75.5 Å². The van der Waals surface area contributed by atoms with E-state index in [1.807, 2.05) is 0 Å². The molecule has 2 fully saturated rings. The number of fused-ring (bicyclic) bond motifs is 4. The maximum Gasteiger partial charge on any atom is 0.456 e. The summed E-state index contributed by atoms with van der Waals surface area (Å²) < 4.78 is 71.6. The SMILES string of the molecule is CC12C[C@H](c3ccc(C(=O)Nc4ccc(Cl)cc4)cc3)C3=C4CCC(=O)C=C4CCC3[C@@H]1CC[C@@]2(O)C(F)(F)C(F)(F)F. The van der Waals surface area contributed by atoms with Gasteiger partial charge < -0.3 is 10.4 Å². The smallest absolute Gasteiger partial charge is 0.383 e. The Labute approximate surface area is 251 Å². The number of amides is 1. The number of alkyl halides is 5. The van der Waals surface area contributed by atoms with Crippen LogP contribution in [0.4, 0.5) is 27.6 Å². The van der Waals surface area contributed by atoms with Crippen molar-refractivity contribution in [3.63, 3.8) is 0 Å². The van der Waals surface area contributed by atoms with Gasteiger partial charge in [-0.15, -0.1) is 0 Å². The van der Waals surface area contributed by atoms with Crippen molar-refractivity contribution in [2.24, 2.45) is 17.3 Å². The molecule has 0 radical (unpaired) electrons. The number of halogens is 6. The highest BCUT2D eigenvalue weighted by Gasteiger charge is 2.79. The van der Waals surface area contributed by atoms with Crippen LogP contribution in [-0.2, 0) is 4.79 Å². The van der Waals surface area contributed by atoms with Gasteiger partial charge in [-0.2, -0.15) is 22.0 Å². The van der Waals surface area contributed by atoms with Crippen molar-refractivity contribution in [1.29, 1.82) is 0 Å². The summed E-state index contributed by atoms with van der Waals surface area (Å²) in [4.78, 5) is 25.1. The molecule has 4 nitrogen and oxygen atoms in total. The zero-order chi connectivity index (χ0) is 30.9. The Balaban J connectivity index is 1.41. The van der Waals surface area contributed by atoms with Crippen molar-refractivity contribution in [3.8, 4) is 0 Å². The number of rotatable bonds is 4. The summed E-state index contributed by atoms with van der Waals surface area (Å²) in [6, 6.07) is 13.2. The lowest BCUT2D eigenvalue weighted by Crippen LogP contribution is -2.65. The molecule has 228 valence electrons. The summed E-state index contributed by atoms with van der Waals surface area (Å²) in [5, 5.41) is 14.7. The third-order valence-corrected chi connectivity index (χ3v) is 10.7. The van der Waals surface area contributed by atoms with Crippen LogP contribution in [0.1, 0.15) is 73.7 Å². The third kappa shape index (κ3) is 4.65. The van der Waals surface area contributed by atoms with E-state index in [4.69, 9.17) is 11.6 Å². The van der Waals surface area contributed by atoms with Crippen LogP contribution in [0.15, 0.2) is 71.3 Å². The highest BCUT2D eigenvalue weighted by Crippen LogP contribution is 2.70. The number of nitrogens with one attached hydrogen (secondary N) is 1. The number of allylic oxidation sites excluding steroid dienone is 4. The third-order valence-electron chi connectivity index (χ3n) is 10.4. The lowest BCUT2D eigenvalue weighted by Gasteiger charge is -2.56. The molecule has 0 aromatic heterocycles. The summed E-state index contributed by atoms with van der Waals surface area (Å²) in [6.07, 6.45) is -3.15. The van der Waals surface area contributed by atoms with Gasteiger partial charge in [-0.1, -0.05) is 36.2 Å². The van der Waals surface area contributed by atoms with E-state index in [1.54, 1.807) is 54.6 Å². The summed E-state index contributed by atoms with van der Waals surface area (Å²) in [7, 11) is 0. The van der Waals surface area contributed by atoms with Crippen molar-refractivity contribution in [3.05, 3.63) is 87.5 Å². The highest BCUT2D eigenvalue weighted by molar-refractivity contribution is 6.30. The fourth-order valence-corrected chi connectivity index (χ4v) is 8.44. The molecule has 2 saturated carbocycles. The Hall–Kier alpha value is -3.04. The van der Waals surface area contributed by atoms with E-state index in [0.717, 1.165) is 16.7 Å². The van der Waals surface area contributed by atoms with Crippen molar-refractivity contribution in [1.82, 2.24) is 0 Å². The van der Waals surface area contributed by atoms with Gasteiger partial charge in [0.25, 0.3) is 5.91 Å². The van der Waals surface area contributed by atoms with Crippen LogP contribution in [0.3, 0.4) is 0 Å². The van der Waals surface area contributed by atoms with Gasteiger partial charge >= 0.3 is 12.1 Å². The fourth-order valence-electron chi connectivity index (χ4n) is 8.32. The van der Waals surface area contributed by atoms with Crippen LogP contribution in [0.5, 0.6) is 0 Å². The molecule has 0 spiro atoms. The second-order valence-electron chi connectivity index (χ2n) is 12.5. The Morgan fingerprint density at radius 1 is 0.977 bits per heavy atom. The number of anilines is 1. The summed E-state index contributed by atoms with van der Waals surface area (Å²) in [5.41, 5.74) is -0.589. The summed E-state index contributed by atoms with van der Waals surface area (Å²) >= 11 is 5.91. The van der Waals surface area contributed by atoms with Crippen LogP contribution < -0.4 is 5.32 Å². The quantitative estimate of drug-likeness (QED) is 0.338. The number of aliphatic hydroxyl groups is 1. The minimum absolute atomic E-state index is 0.0195. The lowest BCUT2D eigenvalue weighted by molar-refractivity contribution is -0.362. The Morgan fingerprint density at radius 2 is 1.65 bits per heavy atom. The first-order valence-corrected chi connectivity index (χ1v) is 14.8. The van der Waals surface area contributed by atoms with Crippen LogP contribution in [0, 0.1) is 17.3 Å². The first kappa shape index (κ1) is 30.0. The van der Waals surface area contributed by atoms with Crippen molar-refractivity contribution < 1.29 is 36.6 Å². The van der Waals surface area contributed by atoms with Gasteiger partial charge in [0, 0.05) is 34.0 Å². The fraction of sp³-hybridized carbons (Fsp3) is 0.455. The van der Waals surface area contributed by atoms with Gasteiger partial charge in [0.05, 0.1) is 0 Å². The maximum atomic E-state index is 15.2. The minimum atomic E-state index is -5.90. The number of carbonyl (C=O) groups is 2. The van der Waals surface area contributed by atoms with Crippen molar-refractivity contribution >= 4 is 29.0 Å². The second kappa shape index (κ2) is 10.3. The topological polar surface area (TPSA) is 66.4 Å². The van der Waals surface area contributed by atoms with Gasteiger partial charge in [-0.25, -0.2) is 0 Å². The molecule has 1 amide bonds. The van der Waals surface area contributed by atoms with Gasteiger partial charge in [-0.3, -0.25) is 9.59 Å². The van der Waals surface area contributed by atoms with Crippen LogP contribution in [0.2, 0.25) is 5.02 Å². The molecule has 0 aliphatic heterocycles. The Bertz CT molecular complexity index is 1530. The van der Waals surface area contributed by atoms with E-state index >= 15 is 8.78 Å². The van der Waals surface area contributed by atoms with Crippen molar-refractivity contribution in [2.75, 3.05) is 5.32 Å². The van der Waals surface area contributed by atoms with Crippen LogP contribution in [0.25, 0.3) is 0 Å². The Kier molecular flexibility index (Phi) is 7.16. The molecule has 2 unspecified atom stereocenters. The summed E-state index contributed by atoms with van der Waals surface area (Å²) in [6.45, 7) is 1.39. The molecule has 2 N–H and O–H groups in total. The standard InChI is InChI=1S/C33H31ClF5NO3/c1-30-17-26(18-2-4-19(5-3-18)29(42)40-22-9-7-21(34)8-10-22)28-24-13-11-23(41)16-20(24)6-12-25(28)27(30)14-15-31(30,43)32(35,36)33(37,38)39/h2-5,7-10,16,25-27,43H,6,11-15,17H2,1H3,(H,40,42)/t25?,26-,27+,30?,31+/m1/s1. The van der Waals surface area contributed by atoms with Gasteiger partial charge in [0.15, 0.2) is 5.78 Å². The zero-order valence-electron chi connectivity index (χ0n) is 23.4. The molecule has 43 heavy (non-hydrogen) atoms. The Morgan fingerprint density at radius 3 is 2.30 bits per heavy atom. The first-order valence-electron chi connectivity index (χ1n) is 14.5. The molecule has 2 aromatic rings. The van der Waals surface area contributed by atoms with Gasteiger partial charge in [0.2, 0.25) is 0 Å². The maximum absolute atomic E-state index is 15.2. The van der Waals surface area contributed by atoms with Gasteiger partial charge in [0.1, 0.15) is 5.60 Å². The average Bonchev–Trinajstić information content (AvgIpc) is 3.24. The van der Waals surface area contributed by atoms with Crippen LogP contribution in [-0.4, -0.2) is 34.5 Å². The number of benzene rings is 2. The summed E-state index contributed by atoms with van der Waals surface area (Å²) in [5.74, 6) is -7.11. The second-order valence-corrected chi connectivity index (χ2v) is 13.0. The van der Waals surface area contributed by atoms with Crippen LogP contribution >= 0.6 is 11.6 Å². The van der Waals surface area contributed by atoms with E-state index in [2.05, 4.69) is 5.32 Å². The molecule has 6 rings (SSSR count). The average molecular weight is 620 g/mol. The molecule has 4 aliphatic carbocycles. The van der Waals surface area contributed by atoms with Gasteiger partial charge in [-0.05, 0) is 110 Å². The zero-order valence-corrected chi connectivity index (χ0v) is 24.2. The molecule has 4 aliphatic rings. The molecule has 0 saturated heterocycles. The number of carbonyl (C=O) groups excluding carboxylic acids is 2. The van der Waals surface area contributed by atoms with E-state index in [1.165, 1.54) is 6.92 Å². The minimum Gasteiger partial charge on any atom is -0.383 e. The van der Waals surface area contributed by atoms with E-state index in [9.17, 15) is 27.9 Å². The molecule has 10 heteroatoms. The number of hydrogen-bond donors (Lipinski definition) is 2. The largest absolute Gasteiger partial charge is 0.456 e. The number of ketones is 1. The molecule has 0 heterocycles. The van der Waals surface area contributed by atoms with E-state index < -0.39 is 41.4 Å². The van der Waals surface area contributed by atoms with E-state index in [-0.39, 0.29) is 30.4 Å². The normalized spacial score (nSPS) is 30.7. The predicted octanol–water partition coefficient (Wildman–Crippen LogP) is 8.42. The lowest BCUT2D eigenvalue weighted by atomic mass is 9.50. The molecule has 2 aromatic carbocycles. The molecular weight excluding hydrogens is 589 g/mol. The number of hydrogen-bond acceptors (Lipinski definition) is 3. The predicted molar refractivity (Wildman–Crippen MR) is 152 cm³/mol.